The summed E-state index contributed by atoms with van der Waals surface area (Å²) in [6.07, 6.45) is 9.68. The first kappa shape index (κ1) is 20.0. The van der Waals surface area contributed by atoms with Gasteiger partial charge in [-0.25, -0.2) is 0 Å². The predicted octanol–water partition coefficient (Wildman–Crippen LogP) is 6.19. The lowest BCUT2D eigenvalue weighted by molar-refractivity contribution is 0.292. The summed E-state index contributed by atoms with van der Waals surface area (Å²) in [5, 5.41) is 9.08. The third kappa shape index (κ3) is 6.19. The van der Waals surface area contributed by atoms with E-state index in [2.05, 4.69) is 36.2 Å². The smallest absolute Gasteiger partial charge is 0.128 e. The molecule has 138 valence electrons. The van der Waals surface area contributed by atoms with Gasteiger partial charge in [-0.2, -0.15) is 5.26 Å². The van der Waals surface area contributed by atoms with Gasteiger partial charge in [-0.1, -0.05) is 45.2 Å². The Balaban J connectivity index is 2.05. The summed E-state index contributed by atoms with van der Waals surface area (Å²) >= 11 is 0. The van der Waals surface area contributed by atoms with E-state index in [4.69, 9.17) is 10.00 Å². The minimum Gasteiger partial charge on any atom is -0.493 e. The van der Waals surface area contributed by atoms with Crippen LogP contribution in [-0.2, 0) is 6.42 Å². The Hall–Kier alpha value is -2.34. The van der Waals surface area contributed by atoms with Crippen LogP contribution in [-0.4, -0.2) is 11.6 Å². The second kappa shape index (κ2) is 11.3. The SMILES string of the molecule is CCCCCCc1ccnc(-c2ccccc2OCCC(C#N)CC)c1. The molecule has 3 nitrogen and oxygen atoms in total. The van der Waals surface area contributed by atoms with E-state index in [9.17, 15) is 0 Å². The third-order valence-corrected chi connectivity index (χ3v) is 4.71. The predicted molar refractivity (Wildman–Crippen MR) is 107 cm³/mol. The van der Waals surface area contributed by atoms with Crippen LogP contribution in [0.5, 0.6) is 5.75 Å². The lowest BCUT2D eigenvalue weighted by Crippen LogP contribution is -2.05. The maximum atomic E-state index is 9.08. The van der Waals surface area contributed by atoms with Gasteiger partial charge in [-0.15, -0.1) is 0 Å². The fraction of sp³-hybridized carbons (Fsp3) is 0.478. The first-order chi connectivity index (χ1) is 12.8. The highest BCUT2D eigenvalue weighted by atomic mass is 16.5. The zero-order valence-corrected chi connectivity index (χ0v) is 16.1. The van der Waals surface area contributed by atoms with E-state index in [0.717, 1.165) is 36.3 Å². The van der Waals surface area contributed by atoms with Crippen LogP contribution in [0.1, 0.15) is 57.9 Å². The molecule has 0 fully saturated rings. The number of nitriles is 1. The summed E-state index contributed by atoms with van der Waals surface area (Å²) in [5.74, 6) is 0.905. The molecular weight excluding hydrogens is 320 g/mol. The second-order valence-electron chi connectivity index (χ2n) is 6.73. The number of hydrogen-bond donors (Lipinski definition) is 0. The van der Waals surface area contributed by atoms with E-state index in [0.29, 0.717) is 6.61 Å². The Kier molecular flexibility index (Phi) is 8.69. The van der Waals surface area contributed by atoms with Crippen LogP contribution in [0.15, 0.2) is 42.6 Å². The molecule has 1 aromatic carbocycles. The number of para-hydroxylation sites is 1. The number of pyridine rings is 1. The number of unbranched alkanes of at least 4 members (excludes halogenated alkanes) is 3. The Bertz CT molecular complexity index is 705. The molecule has 0 N–H and O–H groups in total. The molecule has 1 atom stereocenters. The van der Waals surface area contributed by atoms with E-state index in [1.54, 1.807) is 0 Å². The van der Waals surface area contributed by atoms with Crippen molar-refractivity contribution >= 4 is 0 Å². The van der Waals surface area contributed by atoms with E-state index < -0.39 is 0 Å². The molecule has 0 aliphatic carbocycles. The average Bonchev–Trinajstić information content (AvgIpc) is 2.69. The van der Waals surface area contributed by atoms with Crippen LogP contribution in [0.25, 0.3) is 11.3 Å². The van der Waals surface area contributed by atoms with Crippen molar-refractivity contribution in [3.63, 3.8) is 0 Å². The number of hydrogen-bond acceptors (Lipinski definition) is 3. The number of rotatable bonds is 11. The summed E-state index contributed by atoms with van der Waals surface area (Å²) in [5.41, 5.74) is 3.31. The quantitative estimate of drug-likeness (QED) is 0.454. The molecule has 0 radical (unpaired) electrons. The fourth-order valence-electron chi connectivity index (χ4n) is 3.01. The van der Waals surface area contributed by atoms with Crippen molar-refractivity contribution in [2.75, 3.05) is 6.61 Å². The van der Waals surface area contributed by atoms with Gasteiger partial charge >= 0.3 is 0 Å². The highest BCUT2D eigenvalue weighted by Gasteiger charge is 2.10. The van der Waals surface area contributed by atoms with Crippen LogP contribution < -0.4 is 4.74 Å². The van der Waals surface area contributed by atoms with Gasteiger partial charge in [0.25, 0.3) is 0 Å². The molecule has 0 amide bonds. The molecular formula is C23H30N2O. The van der Waals surface area contributed by atoms with Crippen LogP contribution in [0.4, 0.5) is 0 Å². The molecule has 0 saturated heterocycles. The van der Waals surface area contributed by atoms with Crippen LogP contribution in [0.3, 0.4) is 0 Å². The molecule has 1 heterocycles. The lowest BCUT2D eigenvalue weighted by atomic mass is 10.0. The zero-order valence-electron chi connectivity index (χ0n) is 16.1. The molecule has 3 heteroatoms. The maximum Gasteiger partial charge on any atom is 0.128 e. The zero-order chi connectivity index (χ0) is 18.6. The van der Waals surface area contributed by atoms with E-state index in [1.807, 2.05) is 31.3 Å². The van der Waals surface area contributed by atoms with Gasteiger partial charge in [0.2, 0.25) is 0 Å². The molecule has 0 saturated carbocycles. The highest BCUT2D eigenvalue weighted by molar-refractivity contribution is 5.67. The number of aryl methyl sites for hydroxylation is 1. The molecule has 2 aromatic rings. The maximum absolute atomic E-state index is 9.08. The number of benzene rings is 1. The molecule has 1 unspecified atom stereocenters. The van der Waals surface area contributed by atoms with Gasteiger partial charge in [0.05, 0.1) is 18.4 Å². The summed E-state index contributed by atoms with van der Waals surface area (Å²) in [6.45, 7) is 4.83. The van der Waals surface area contributed by atoms with E-state index in [1.165, 1.54) is 31.2 Å². The standard InChI is InChI=1S/C23H30N2O/c1-3-5-6-7-10-20-13-15-25-22(17-20)21-11-8-9-12-23(21)26-16-14-19(4-2)18-24/h8-9,11-13,15,17,19H,3-7,10,14,16H2,1-2H3. The molecule has 1 aromatic heterocycles. The monoisotopic (exact) mass is 350 g/mol. The van der Waals surface area contributed by atoms with Crippen LogP contribution in [0.2, 0.25) is 0 Å². The Labute approximate surface area is 158 Å². The Morgan fingerprint density at radius 3 is 2.73 bits per heavy atom. The second-order valence-corrected chi connectivity index (χ2v) is 6.73. The van der Waals surface area contributed by atoms with Crippen LogP contribution in [0, 0.1) is 17.2 Å². The van der Waals surface area contributed by atoms with Crippen molar-refractivity contribution in [3.8, 4) is 23.1 Å². The molecule has 0 spiro atoms. The van der Waals surface area contributed by atoms with Crippen molar-refractivity contribution in [3.05, 3.63) is 48.2 Å². The minimum atomic E-state index is 0.0618. The van der Waals surface area contributed by atoms with Crippen molar-refractivity contribution in [1.82, 2.24) is 4.98 Å². The minimum absolute atomic E-state index is 0.0618. The number of aromatic nitrogens is 1. The Morgan fingerprint density at radius 1 is 1.12 bits per heavy atom. The molecule has 0 aliphatic heterocycles. The third-order valence-electron chi connectivity index (χ3n) is 4.71. The van der Waals surface area contributed by atoms with Gasteiger partial charge < -0.3 is 4.74 Å². The van der Waals surface area contributed by atoms with E-state index in [-0.39, 0.29) is 5.92 Å². The van der Waals surface area contributed by atoms with Gasteiger partial charge in [-0.05, 0) is 55.5 Å². The molecule has 0 aliphatic rings. The summed E-state index contributed by atoms with van der Waals surface area (Å²) in [7, 11) is 0. The largest absolute Gasteiger partial charge is 0.493 e. The molecule has 26 heavy (non-hydrogen) atoms. The molecule has 0 bridgehead atoms. The summed E-state index contributed by atoms with van der Waals surface area (Å²) in [6, 6.07) is 14.7. The van der Waals surface area contributed by atoms with Gasteiger partial charge in [0.15, 0.2) is 0 Å². The van der Waals surface area contributed by atoms with Crippen molar-refractivity contribution in [1.29, 1.82) is 5.26 Å². The van der Waals surface area contributed by atoms with Crippen LogP contribution >= 0.6 is 0 Å². The topological polar surface area (TPSA) is 45.9 Å². The van der Waals surface area contributed by atoms with Crippen molar-refractivity contribution in [2.24, 2.45) is 5.92 Å². The first-order valence-corrected chi connectivity index (χ1v) is 9.85. The fourth-order valence-corrected chi connectivity index (χ4v) is 3.01. The van der Waals surface area contributed by atoms with Gasteiger partial charge in [0.1, 0.15) is 5.75 Å². The van der Waals surface area contributed by atoms with Crippen molar-refractivity contribution < 1.29 is 4.74 Å². The summed E-state index contributed by atoms with van der Waals surface area (Å²) in [4.78, 5) is 4.56. The Morgan fingerprint density at radius 2 is 1.96 bits per heavy atom. The van der Waals surface area contributed by atoms with Gasteiger partial charge in [0, 0.05) is 17.7 Å². The molecule has 2 rings (SSSR count). The van der Waals surface area contributed by atoms with Gasteiger partial charge in [-0.3, -0.25) is 4.98 Å². The lowest BCUT2D eigenvalue weighted by Gasteiger charge is -2.13. The number of nitrogens with zero attached hydrogens (tertiary/aromatic N) is 2. The van der Waals surface area contributed by atoms with E-state index >= 15 is 0 Å². The normalized spacial score (nSPS) is 11.7. The average molecular weight is 351 g/mol. The van der Waals surface area contributed by atoms with Crippen molar-refractivity contribution in [2.45, 2.75) is 58.8 Å². The highest BCUT2D eigenvalue weighted by Crippen LogP contribution is 2.29. The summed E-state index contributed by atoms with van der Waals surface area (Å²) < 4.78 is 5.99. The first-order valence-electron chi connectivity index (χ1n) is 9.85. The number of ether oxygens (including phenoxy) is 1.